The zero-order chi connectivity index (χ0) is 15.4. The molecule has 4 N–H and O–H groups in total. The first-order valence-corrected chi connectivity index (χ1v) is 7.82. The van der Waals surface area contributed by atoms with Gasteiger partial charge in [0.2, 0.25) is 0 Å². The monoisotopic (exact) mass is 302 g/mol. The quantitative estimate of drug-likeness (QED) is 0.573. The van der Waals surface area contributed by atoms with Gasteiger partial charge in [-0.3, -0.25) is 0 Å². The highest BCUT2D eigenvalue weighted by atomic mass is 16.8. The van der Waals surface area contributed by atoms with Crippen molar-refractivity contribution >= 4 is 0 Å². The van der Waals surface area contributed by atoms with Crippen molar-refractivity contribution in [1.82, 2.24) is 0 Å². The molecule has 2 aliphatic carbocycles. The van der Waals surface area contributed by atoms with E-state index in [1.807, 2.05) is 6.92 Å². The van der Waals surface area contributed by atoms with E-state index < -0.39 is 36.8 Å². The van der Waals surface area contributed by atoms with E-state index in [4.69, 9.17) is 14.6 Å². The zero-order valence-corrected chi connectivity index (χ0v) is 12.6. The first kappa shape index (κ1) is 15.6. The summed E-state index contributed by atoms with van der Waals surface area (Å²) in [5.74, 6) is -0.0729. The standard InChI is InChI=1S/C15H26O6/c1-8-13(12(19)11(18)10(17)7-16)21-15(20-8)6-9-3-4-14(15,2)5-9/h8-13,16-19H,3-7H2,1-2H3/t8?,9-,10+,11?,12?,13?,14+,15-/m0/s1. The molecule has 1 heterocycles. The maximum absolute atomic E-state index is 10.3. The Morgan fingerprint density at radius 2 is 1.90 bits per heavy atom. The van der Waals surface area contributed by atoms with Gasteiger partial charge in [-0.2, -0.15) is 0 Å². The fourth-order valence-corrected chi connectivity index (χ4v) is 4.48. The van der Waals surface area contributed by atoms with Gasteiger partial charge in [-0.1, -0.05) is 6.92 Å². The van der Waals surface area contributed by atoms with Crippen molar-refractivity contribution in [2.45, 2.75) is 75.8 Å². The number of rotatable bonds is 4. The van der Waals surface area contributed by atoms with Crippen LogP contribution in [0.1, 0.15) is 39.5 Å². The van der Waals surface area contributed by atoms with Crippen LogP contribution in [0.2, 0.25) is 0 Å². The minimum Gasteiger partial charge on any atom is -0.394 e. The molecule has 8 atom stereocenters. The SMILES string of the molecule is CC1O[C@@]2(C[C@H]3CC[C@]2(C)C3)OC1C(O)C(O)[C@H](O)CO. The molecule has 0 aromatic carbocycles. The van der Waals surface area contributed by atoms with Crippen LogP contribution < -0.4 is 0 Å². The van der Waals surface area contributed by atoms with Crippen molar-refractivity contribution in [3.05, 3.63) is 0 Å². The lowest BCUT2D eigenvalue weighted by Crippen LogP contribution is -2.50. The van der Waals surface area contributed by atoms with E-state index in [9.17, 15) is 15.3 Å². The van der Waals surface area contributed by atoms with Gasteiger partial charge in [0.25, 0.3) is 0 Å². The van der Waals surface area contributed by atoms with Crippen LogP contribution in [-0.2, 0) is 9.47 Å². The molecule has 4 unspecified atom stereocenters. The van der Waals surface area contributed by atoms with E-state index in [2.05, 4.69) is 6.92 Å². The molecular formula is C15H26O6. The molecule has 1 spiro atoms. The van der Waals surface area contributed by atoms with Crippen LogP contribution in [0.15, 0.2) is 0 Å². The summed E-state index contributed by atoms with van der Waals surface area (Å²) >= 11 is 0. The summed E-state index contributed by atoms with van der Waals surface area (Å²) in [6.07, 6.45) is -1.04. The molecule has 1 saturated heterocycles. The number of aliphatic hydroxyl groups is 4. The molecule has 6 heteroatoms. The minimum absolute atomic E-state index is 0.0407. The molecule has 3 fully saturated rings. The Labute approximate surface area is 124 Å². The summed E-state index contributed by atoms with van der Waals surface area (Å²) in [6.45, 7) is 3.38. The average Bonchev–Trinajstić information content (AvgIpc) is 3.06. The van der Waals surface area contributed by atoms with Gasteiger partial charge in [-0.25, -0.2) is 0 Å². The topological polar surface area (TPSA) is 99.4 Å². The Bertz CT molecular complexity index is 404. The second kappa shape index (κ2) is 5.15. The number of hydrogen-bond donors (Lipinski definition) is 4. The molecule has 3 rings (SSSR count). The highest BCUT2D eigenvalue weighted by molar-refractivity contribution is 5.09. The molecule has 2 saturated carbocycles. The normalized spacial score (nSPS) is 49.7. The summed E-state index contributed by atoms with van der Waals surface area (Å²) in [7, 11) is 0. The molecular weight excluding hydrogens is 276 g/mol. The Kier molecular flexibility index (Phi) is 3.83. The third-order valence-corrected chi connectivity index (χ3v) is 5.75. The summed E-state index contributed by atoms with van der Waals surface area (Å²) in [4.78, 5) is 0. The zero-order valence-electron chi connectivity index (χ0n) is 12.6. The van der Waals surface area contributed by atoms with Crippen molar-refractivity contribution < 1.29 is 29.9 Å². The minimum atomic E-state index is -1.45. The van der Waals surface area contributed by atoms with Crippen LogP contribution in [0.4, 0.5) is 0 Å². The number of hydrogen-bond acceptors (Lipinski definition) is 6. The fourth-order valence-electron chi connectivity index (χ4n) is 4.48. The second-order valence-electron chi connectivity index (χ2n) is 7.26. The first-order valence-electron chi connectivity index (χ1n) is 7.82. The molecule has 21 heavy (non-hydrogen) atoms. The second-order valence-corrected chi connectivity index (χ2v) is 7.26. The van der Waals surface area contributed by atoms with Gasteiger partial charge in [-0.05, 0) is 32.1 Å². The van der Waals surface area contributed by atoms with Gasteiger partial charge in [-0.15, -0.1) is 0 Å². The summed E-state index contributed by atoms with van der Waals surface area (Å²) in [6, 6.07) is 0. The largest absolute Gasteiger partial charge is 0.394 e. The van der Waals surface area contributed by atoms with Crippen LogP contribution in [0, 0.1) is 11.3 Å². The van der Waals surface area contributed by atoms with E-state index >= 15 is 0 Å². The fraction of sp³-hybridized carbons (Fsp3) is 1.00. The summed E-state index contributed by atoms with van der Waals surface area (Å²) < 4.78 is 12.2. The van der Waals surface area contributed by atoms with Gasteiger partial charge in [0.05, 0.1) is 12.7 Å². The van der Waals surface area contributed by atoms with Crippen molar-refractivity contribution in [3.8, 4) is 0 Å². The van der Waals surface area contributed by atoms with E-state index in [0.29, 0.717) is 5.92 Å². The molecule has 3 aliphatic rings. The number of aliphatic hydroxyl groups excluding tert-OH is 4. The van der Waals surface area contributed by atoms with Crippen LogP contribution in [-0.4, -0.2) is 63.3 Å². The van der Waals surface area contributed by atoms with Gasteiger partial charge in [0.15, 0.2) is 5.79 Å². The van der Waals surface area contributed by atoms with Crippen LogP contribution in [0.25, 0.3) is 0 Å². The van der Waals surface area contributed by atoms with E-state index in [1.54, 1.807) is 0 Å². The van der Waals surface area contributed by atoms with Crippen molar-refractivity contribution in [3.63, 3.8) is 0 Å². The number of ether oxygens (including phenoxy) is 2. The summed E-state index contributed by atoms with van der Waals surface area (Å²) in [5.41, 5.74) is -0.0407. The molecule has 6 nitrogen and oxygen atoms in total. The summed E-state index contributed by atoms with van der Waals surface area (Å²) in [5, 5.41) is 38.6. The van der Waals surface area contributed by atoms with Crippen LogP contribution in [0.3, 0.4) is 0 Å². The van der Waals surface area contributed by atoms with E-state index in [-0.39, 0.29) is 11.5 Å². The smallest absolute Gasteiger partial charge is 0.174 e. The van der Waals surface area contributed by atoms with E-state index in [0.717, 1.165) is 19.3 Å². The molecule has 1 aliphatic heterocycles. The predicted molar refractivity (Wildman–Crippen MR) is 73.3 cm³/mol. The van der Waals surface area contributed by atoms with Crippen molar-refractivity contribution in [2.24, 2.45) is 11.3 Å². The number of fused-ring (bicyclic) bond motifs is 3. The van der Waals surface area contributed by atoms with E-state index in [1.165, 1.54) is 6.42 Å². The van der Waals surface area contributed by atoms with Crippen LogP contribution in [0.5, 0.6) is 0 Å². The third kappa shape index (κ3) is 2.24. The lowest BCUT2D eigenvalue weighted by Gasteiger charge is -2.40. The first-order chi connectivity index (χ1) is 9.82. The lowest BCUT2D eigenvalue weighted by atomic mass is 9.80. The highest BCUT2D eigenvalue weighted by Gasteiger charge is 2.66. The van der Waals surface area contributed by atoms with Gasteiger partial charge in [0.1, 0.15) is 24.4 Å². The molecule has 122 valence electrons. The Balaban J connectivity index is 1.75. The Hall–Kier alpha value is -0.240. The molecule has 0 aromatic rings. The lowest BCUT2D eigenvalue weighted by molar-refractivity contribution is -0.247. The molecule has 2 bridgehead atoms. The Morgan fingerprint density at radius 3 is 2.43 bits per heavy atom. The average molecular weight is 302 g/mol. The predicted octanol–water partition coefficient (Wildman–Crippen LogP) is -0.228. The van der Waals surface area contributed by atoms with Crippen molar-refractivity contribution in [1.29, 1.82) is 0 Å². The maximum atomic E-state index is 10.3. The van der Waals surface area contributed by atoms with Gasteiger partial charge in [0, 0.05) is 11.8 Å². The maximum Gasteiger partial charge on any atom is 0.174 e. The molecule has 0 radical (unpaired) electrons. The third-order valence-electron chi connectivity index (χ3n) is 5.75. The van der Waals surface area contributed by atoms with Crippen LogP contribution >= 0.6 is 0 Å². The van der Waals surface area contributed by atoms with Crippen molar-refractivity contribution in [2.75, 3.05) is 6.61 Å². The van der Waals surface area contributed by atoms with Gasteiger partial charge < -0.3 is 29.9 Å². The molecule has 0 amide bonds. The highest BCUT2D eigenvalue weighted by Crippen LogP contribution is 2.64. The molecule has 0 aromatic heterocycles. The Morgan fingerprint density at radius 1 is 1.19 bits per heavy atom. The van der Waals surface area contributed by atoms with Gasteiger partial charge >= 0.3 is 0 Å².